The number of halogens is 2. The number of amides is 1. The predicted octanol–water partition coefficient (Wildman–Crippen LogP) is 4.14. The lowest BCUT2D eigenvalue weighted by Gasteiger charge is -2.20. The van der Waals surface area contributed by atoms with Crippen LogP contribution < -0.4 is 5.32 Å². The molecule has 3 rings (SSSR count). The smallest absolute Gasteiger partial charge is 0.255 e. The third-order valence-electron chi connectivity index (χ3n) is 5.11. The van der Waals surface area contributed by atoms with Gasteiger partial charge in [0.05, 0.1) is 5.56 Å². The van der Waals surface area contributed by atoms with Crippen molar-refractivity contribution in [3.05, 3.63) is 77.0 Å². The summed E-state index contributed by atoms with van der Waals surface area (Å²) in [4.78, 5) is 15.2. The first-order chi connectivity index (χ1) is 14.4. The van der Waals surface area contributed by atoms with Crippen LogP contribution >= 0.6 is 0 Å². The van der Waals surface area contributed by atoms with Gasteiger partial charge in [0.15, 0.2) is 0 Å². The van der Waals surface area contributed by atoms with Gasteiger partial charge < -0.3 is 5.32 Å². The lowest BCUT2D eigenvalue weighted by molar-refractivity contribution is 0.0951. The van der Waals surface area contributed by atoms with Gasteiger partial charge in [0.1, 0.15) is 17.3 Å². The summed E-state index contributed by atoms with van der Waals surface area (Å²) in [6.07, 6.45) is 1.54. The summed E-state index contributed by atoms with van der Waals surface area (Å²) < 4.78 is 29.0. The third-order valence-corrected chi connectivity index (χ3v) is 5.11. The summed E-state index contributed by atoms with van der Waals surface area (Å²) in [6, 6.07) is 11.2. The molecular weight excluding hydrogens is 386 g/mol. The Kier molecular flexibility index (Phi) is 6.95. The molecule has 0 fully saturated rings. The molecule has 1 amide bonds. The van der Waals surface area contributed by atoms with Crippen LogP contribution in [0.3, 0.4) is 0 Å². The zero-order valence-electron chi connectivity index (χ0n) is 17.5. The first-order valence-electron chi connectivity index (χ1n) is 9.99. The topological polar surface area (TPSA) is 50.2 Å². The molecule has 158 valence electrons. The first kappa shape index (κ1) is 21.6. The fourth-order valence-corrected chi connectivity index (χ4v) is 3.38. The van der Waals surface area contributed by atoms with Gasteiger partial charge in [-0.25, -0.2) is 8.78 Å². The van der Waals surface area contributed by atoms with E-state index in [2.05, 4.69) is 35.2 Å². The molecule has 5 nitrogen and oxygen atoms in total. The number of aromatic nitrogens is 2. The van der Waals surface area contributed by atoms with Crippen LogP contribution in [-0.4, -0.2) is 33.7 Å². The van der Waals surface area contributed by atoms with Crippen molar-refractivity contribution in [1.82, 2.24) is 20.0 Å². The minimum atomic E-state index is -0.757. The molecule has 0 spiro atoms. The molecule has 0 saturated carbocycles. The van der Waals surface area contributed by atoms with Gasteiger partial charge in [0, 0.05) is 38.0 Å². The van der Waals surface area contributed by atoms with Gasteiger partial charge in [-0.15, -0.1) is 0 Å². The number of hydrogen-bond acceptors (Lipinski definition) is 3. The normalized spacial score (nSPS) is 11.1. The molecule has 0 bridgehead atoms. The van der Waals surface area contributed by atoms with Crippen molar-refractivity contribution in [3.8, 4) is 11.3 Å². The number of benzene rings is 2. The lowest BCUT2D eigenvalue weighted by Crippen LogP contribution is -2.26. The number of nitrogens with one attached hydrogen (secondary N) is 1. The Labute approximate surface area is 175 Å². The van der Waals surface area contributed by atoms with E-state index in [1.165, 1.54) is 16.9 Å². The summed E-state index contributed by atoms with van der Waals surface area (Å²) in [5, 5.41) is 7.13. The quantitative estimate of drug-likeness (QED) is 0.605. The van der Waals surface area contributed by atoms with Gasteiger partial charge in [-0.2, -0.15) is 5.10 Å². The number of hydrogen-bond donors (Lipinski definition) is 1. The number of rotatable bonds is 8. The fourth-order valence-electron chi connectivity index (χ4n) is 3.38. The summed E-state index contributed by atoms with van der Waals surface area (Å²) in [7, 11) is 1.65. The van der Waals surface area contributed by atoms with Crippen LogP contribution in [0.2, 0.25) is 0 Å². The molecule has 1 aromatic heterocycles. The third kappa shape index (κ3) is 4.91. The highest BCUT2D eigenvalue weighted by atomic mass is 19.1. The molecule has 0 unspecified atom stereocenters. The van der Waals surface area contributed by atoms with E-state index in [1.54, 1.807) is 7.05 Å². The van der Waals surface area contributed by atoms with Gasteiger partial charge >= 0.3 is 0 Å². The van der Waals surface area contributed by atoms with E-state index in [0.29, 0.717) is 6.54 Å². The van der Waals surface area contributed by atoms with Crippen LogP contribution in [0.1, 0.15) is 35.3 Å². The molecule has 0 aliphatic rings. The molecule has 2 aromatic carbocycles. The maximum absolute atomic E-state index is 14.3. The summed E-state index contributed by atoms with van der Waals surface area (Å²) >= 11 is 0. The number of carbonyl (C=O) groups excluding carboxylic acids is 1. The maximum Gasteiger partial charge on any atom is 0.255 e. The van der Waals surface area contributed by atoms with Crippen molar-refractivity contribution >= 4 is 5.91 Å². The zero-order chi connectivity index (χ0) is 21.7. The van der Waals surface area contributed by atoms with Crippen LogP contribution in [0, 0.1) is 11.6 Å². The van der Waals surface area contributed by atoms with Crippen LogP contribution in [0.25, 0.3) is 11.3 Å². The van der Waals surface area contributed by atoms with E-state index < -0.39 is 11.6 Å². The Bertz CT molecular complexity index is 1030. The molecular formula is C23H26F2N4O. The zero-order valence-corrected chi connectivity index (χ0v) is 17.5. The Morgan fingerprint density at radius 1 is 1.10 bits per heavy atom. The van der Waals surface area contributed by atoms with Gasteiger partial charge in [0.2, 0.25) is 0 Å². The summed E-state index contributed by atoms with van der Waals surface area (Å²) in [6.45, 7) is 7.27. The first-order valence-corrected chi connectivity index (χ1v) is 9.99. The van der Waals surface area contributed by atoms with Crippen molar-refractivity contribution in [1.29, 1.82) is 0 Å². The molecule has 0 saturated heterocycles. The average Bonchev–Trinajstić information content (AvgIpc) is 3.12. The summed E-state index contributed by atoms with van der Waals surface area (Å²) in [5.74, 6) is -1.80. The van der Waals surface area contributed by atoms with Crippen LogP contribution in [0.5, 0.6) is 0 Å². The molecule has 3 aromatic rings. The van der Waals surface area contributed by atoms with Gasteiger partial charge in [0.25, 0.3) is 5.91 Å². The SMILES string of the molecule is CCN(CC)Cc1ccccc1CNC(=O)c1cn(C)nc1-c1ccc(F)cc1F. The number of aryl methyl sites for hydroxylation is 1. The molecule has 7 heteroatoms. The molecule has 0 radical (unpaired) electrons. The van der Waals surface area contributed by atoms with E-state index in [-0.39, 0.29) is 22.7 Å². The van der Waals surface area contributed by atoms with Crippen molar-refractivity contribution in [2.75, 3.05) is 13.1 Å². The second-order valence-corrected chi connectivity index (χ2v) is 7.10. The van der Waals surface area contributed by atoms with E-state index in [4.69, 9.17) is 0 Å². The Morgan fingerprint density at radius 2 is 1.80 bits per heavy atom. The molecule has 0 aliphatic carbocycles. The number of nitrogens with zero attached hydrogens (tertiary/aromatic N) is 3. The number of carbonyl (C=O) groups is 1. The average molecular weight is 412 g/mol. The largest absolute Gasteiger partial charge is 0.348 e. The second-order valence-electron chi connectivity index (χ2n) is 7.10. The molecule has 1 N–H and O–H groups in total. The van der Waals surface area contributed by atoms with E-state index in [0.717, 1.165) is 42.9 Å². The monoisotopic (exact) mass is 412 g/mol. The molecule has 1 heterocycles. The van der Waals surface area contributed by atoms with Crippen molar-refractivity contribution < 1.29 is 13.6 Å². The minimum absolute atomic E-state index is 0.0871. The Balaban J connectivity index is 1.80. The minimum Gasteiger partial charge on any atom is -0.348 e. The van der Waals surface area contributed by atoms with Gasteiger partial charge in [-0.3, -0.25) is 14.4 Å². The van der Waals surface area contributed by atoms with Crippen LogP contribution in [0.15, 0.2) is 48.7 Å². The highest BCUT2D eigenvalue weighted by Crippen LogP contribution is 2.25. The van der Waals surface area contributed by atoms with E-state index in [9.17, 15) is 13.6 Å². The molecule has 30 heavy (non-hydrogen) atoms. The predicted molar refractivity (Wildman–Crippen MR) is 113 cm³/mol. The van der Waals surface area contributed by atoms with Crippen molar-refractivity contribution in [2.45, 2.75) is 26.9 Å². The Hall–Kier alpha value is -3.06. The van der Waals surface area contributed by atoms with Crippen LogP contribution in [0.4, 0.5) is 8.78 Å². The fraction of sp³-hybridized carbons (Fsp3) is 0.304. The lowest BCUT2D eigenvalue weighted by atomic mass is 10.1. The molecule has 0 aliphatic heterocycles. The van der Waals surface area contributed by atoms with E-state index >= 15 is 0 Å². The second kappa shape index (κ2) is 9.63. The van der Waals surface area contributed by atoms with Gasteiger partial charge in [-0.1, -0.05) is 38.1 Å². The maximum atomic E-state index is 14.3. The highest BCUT2D eigenvalue weighted by Gasteiger charge is 2.20. The van der Waals surface area contributed by atoms with Gasteiger partial charge in [-0.05, 0) is 36.3 Å². The Morgan fingerprint density at radius 3 is 2.47 bits per heavy atom. The van der Waals surface area contributed by atoms with Crippen molar-refractivity contribution in [3.63, 3.8) is 0 Å². The van der Waals surface area contributed by atoms with Crippen molar-refractivity contribution in [2.24, 2.45) is 7.05 Å². The molecule has 0 atom stereocenters. The van der Waals surface area contributed by atoms with Crippen LogP contribution in [-0.2, 0) is 20.1 Å². The highest BCUT2D eigenvalue weighted by molar-refractivity contribution is 5.99. The van der Waals surface area contributed by atoms with E-state index in [1.807, 2.05) is 18.2 Å². The standard InChI is InChI=1S/C23H26F2N4O/c1-4-29(5-2)14-17-9-7-6-8-16(17)13-26-23(30)20-15-28(3)27-22(20)19-11-10-18(24)12-21(19)25/h6-12,15H,4-5,13-14H2,1-3H3,(H,26,30). The summed E-state index contributed by atoms with van der Waals surface area (Å²) in [5.41, 5.74) is 2.69.